The highest BCUT2D eigenvalue weighted by Crippen LogP contribution is 2.43. The predicted molar refractivity (Wildman–Crippen MR) is 101 cm³/mol. The van der Waals surface area contributed by atoms with Crippen molar-refractivity contribution in [3.8, 4) is 0 Å². The Bertz CT molecular complexity index is 518. The van der Waals surface area contributed by atoms with E-state index in [-0.39, 0.29) is 29.5 Å². The summed E-state index contributed by atoms with van der Waals surface area (Å²) >= 11 is 0. The maximum atomic E-state index is 14.2. The largest absolute Gasteiger partial charge is 0.370 e. The normalized spacial score (nSPS) is 17.0. The highest BCUT2D eigenvalue weighted by atomic mass is 127. The molecule has 1 saturated carbocycles. The molecular weight excluding hydrogens is 411 g/mol. The lowest BCUT2D eigenvalue weighted by Crippen LogP contribution is -2.39. The third kappa shape index (κ3) is 4.33. The summed E-state index contributed by atoms with van der Waals surface area (Å²) in [6, 6.07) is 4.07. The van der Waals surface area contributed by atoms with Gasteiger partial charge in [0.2, 0.25) is 0 Å². The van der Waals surface area contributed by atoms with Gasteiger partial charge in [-0.3, -0.25) is 4.99 Å². The first-order chi connectivity index (χ1) is 10.5. The number of hydrogen-bond donors (Lipinski definition) is 1. The van der Waals surface area contributed by atoms with Crippen LogP contribution in [0, 0.1) is 11.6 Å². The number of benzene rings is 1. The summed E-state index contributed by atoms with van der Waals surface area (Å²) in [5.41, 5.74) is 5.64. The molecule has 1 aliphatic rings. The number of nitrogens with two attached hydrogens (primary N) is 1. The second kappa shape index (κ2) is 8.80. The smallest absolute Gasteiger partial charge is 0.191 e. The summed E-state index contributed by atoms with van der Waals surface area (Å²) in [6.07, 6.45) is 3.43. The highest BCUT2D eigenvalue weighted by Gasteiger charge is 2.39. The van der Waals surface area contributed by atoms with Gasteiger partial charge in [-0.1, -0.05) is 18.9 Å². The van der Waals surface area contributed by atoms with E-state index < -0.39 is 17.0 Å². The average Bonchev–Trinajstić information content (AvgIpc) is 2.96. The van der Waals surface area contributed by atoms with Crippen LogP contribution in [0.4, 0.5) is 8.78 Å². The minimum absolute atomic E-state index is 0. The molecule has 0 saturated heterocycles. The fourth-order valence-electron chi connectivity index (χ4n) is 3.42. The van der Waals surface area contributed by atoms with E-state index in [1.54, 1.807) is 0 Å². The first kappa shape index (κ1) is 20.1. The molecule has 1 fully saturated rings. The molecule has 0 atom stereocenters. The third-order valence-corrected chi connectivity index (χ3v) is 4.68. The number of hydrogen-bond acceptors (Lipinski definition) is 1. The zero-order valence-electron chi connectivity index (χ0n) is 13.8. The van der Waals surface area contributed by atoms with Gasteiger partial charge in [-0.05, 0) is 38.8 Å². The second-order valence-corrected chi connectivity index (χ2v) is 5.93. The van der Waals surface area contributed by atoms with Crippen molar-refractivity contribution in [1.82, 2.24) is 4.90 Å². The minimum Gasteiger partial charge on any atom is -0.370 e. The van der Waals surface area contributed by atoms with Crippen LogP contribution in [0.5, 0.6) is 0 Å². The zero-order chi connectivity index (χ0) is 16.2. The molecule has 1 aliphatic carbocycles. The quantitative estimate of drug-likeness (QED) is 0.429. The van der Waals surface area contributed by atoms with Crippen molar-refractivity contribution >= 4 is 29.9 Å². The van der Waals surface area contributed by atoms with E-state index in [2.05, 4.69) is 4.99 Å². The van der Waals surface area contributed by atoms with Crippen LogP contribution >= 0.6 is 24.0 Å². The van der Waals surface area contributed by atoms with Gasteiger partial charge in [0.05, 0.1) is 6.54 Å². The SMILES string of the molecule is CCN(CC)C(N)=NCC1(c2c(F)cccc2F)CCCC1.I. The minimum atomic E-state index is -0.562. The lowest BCUT2D eigenvalue weighted by atomic mass is 9.78. The lowest BCUT2D eigenvalue weighted by Gasteiger charge is -2.29. The van der Waals surface area contributed by atoms with Crippen molar-refractivity contribution in [3.63, 3.8) is 0 Å². The van der Waals surface area contributed by atoms with E-state index in [1.165, 1.54) is 18.2 Å². The molecule has 130 valence electrons. The third-order valence-electron chi connectivity index (χ3n) is 4.68. The molecule has 0 heterocycles. The van der Waals surface area contributed by atoms with E-state index in [0.717, 1.165) is 38.8 Å². The standard InChI is InChI=1S/C17H25F2N3.HI/c1-3-22(4-2)16(20)21-12-17(10-5-6-11-17)15-13(18)8-7-9-14(15)19;/h7-9H,3-6,10-12H2,1-2H3,(H2,20,21);1H. The Labute approximate surface area is 154 Å². The molecule has 6 heteroatoms. The van der Waals surface area contributed by atoms with Crippen molar-refractivity contribution in [2.45, 2.75) is 44.9 Å². The Kier molecular flexibility index (Phi) is 7.70. The number of aliphatic imine (C=N–C) groups is 1. The molecule has 23 heavy (non-hydrogen) atoms. The fourth-order valence-corrected chi connectivity index (χ4v) is 3.42. The van der Waals surface area contributed by atoms with E-state index in [9.17, 15) is 8.78 Å². The van der Waals surface area contributed by atoms with Crippen LogP contribution in [0.2, 0.25) is 0 Å². The topological polar surface area (TPSA) is 41.6 Å². The van der Waals surface area contributed by atoms with Crippen LogP contribution in [0.3, 0.4) is 0 Å². The van der Waals surface area contributed by atoms with Crippen molar-refractivity contribution < 1.29 is 8.78 Å². The van der Waals surface area contributed by atoms with Crippen molar-refractivity contribution in [1.29, 1.82) is 0 Å². The summed E-state index contributed by atoms with van der Waals surface area (Å²) in [4.78, 5) is 6.41. The van der Waals surface area contributed by atoms with E-state index in [0.29, 0.717) is 12.5 Å². The molecule has 0 unspecified atom stereocenters. The van der Waals surface area contributed by atoms with Gasteiger partial charge < -0.3 is 10.6 Å². The first-order valence-electron chi connectivity index (χ1n) is 8.03. The van der Waals surface area contributed by atoms with Gasteiger partial charge in [0.15, 0.2) is 5.96 Å². The molecule has 1 aromatic carbocycles. The summed E-state index contributed by atoms with van der Waals surface area (Å²) in [6.45, 7) is 5.90. The van der Waals surface area contributed by atoms with Gasteiger partial charge >= 0.3 is 0 Å². The molecule has 0 radical (unpaired) electrons. The van der Waals surface area contributed by atoms with Crippen LogP contribution < -0.4 is 5.73 Å². The zero-order valence-corrected chi connectivity index (χ0v) is 16.1. The molecule has 0 amide bonds. The molecular formula is C17H26F2IN3. The summed E-state index contributed by atoms with van der Waals surface area (Å²) < 4.78 is 28.5. The molecule has 2 N–H and O–H groups in total. The fraction of sp³-hybridized carbons (Fsp3) is 0.588. The Morgan fingerprint density at radius 1 is 1.17 bits per heavy atom. The van der Waals surface area contributed by atoms with Crippen LogP contribution in [-0.4, -0.2) is 30.5 Å². The number of rotatable bonds is 5. The van der Waals surface area contributed by atoms with Gasteiger partial charge in [-0.25, -0.2) is 8.78 Å². The maximum absolute atomic E-state index is 14.2. The molecule has 0 spiro atoms. The number of halogens is 3. The van der Waals surface area contributed by atoms with Crippen molar-refractivity contribution in [3.05, 3.63) is 35.4 Å². The van der Waals surface area contributed by atoms with E-state index in [1.807, 2.05) is 18.7 Å². The number of nitrogens with zero attached hydrogens (tertiary/aromatic N) is 2. The Balaban J connectivity index is 0.00000264. The molecule has 1 aromatic rings. The van der Waals surface area contributed by atoms with Crippen molar-refractivity contribution in [2.75, 3.05) is 19.6 Å². The van der Waals surface area contributed by atoms with E-state index >= 15 is 0 Å². The van der Waals surface area contributed by atoms with Crippen LogP contribution in [0.15, 0.2) is 23.2 Å². The predicted octanol–water partition coefficient (Wildman–Crippen LogP) is 4.05. The Morgan fingerprint density at radius 3 is 2.17 bits per heavy atom. The van der Waals surface area contributed by atoms with Gasteiger partial charge in [0.1, 0.15) is 11.6 Å². The molecule has 0 aromatic heterocycles. The molecule has 0 bridgehead atoms. The average molecular weight is 437 g/mol. The van der Waals surface area contributed by atoms with Gasteiger partial charge in [-0.15, -0.1) is 24.0 Å². The Morgan fingerprint density at radius 2 is 1.70 bits per heavy atom. The van der Waals surface area contributed by atoms with Crippen LogP contribution in [0.25, 0.3) is 0 Å². The maximum Gasteiger partial charge on any atom is 0.191 e. The first-order valence-corrected chi connectivity index (χ1v) is 8.03. The summed E-state index contributed by atoms with van der Waals surface area (Å²) in [7, 11) is 0. The van der Waals surface area contributed by atoms with Gasteiger partial charge in [0.25, 0.3) is 0 Å². The molecule has 3 nitrogen and oxygen atoms in total. The monoisotopic (exact) mass is 437 g/mol. The molecule has 0 aliphatic heterocycles. The second-order valence-electron chi connectivity index (χ2n) is 5.93. The van der Waals surface area contributed by atoms with Crippen LogP contribution in [0.1, 0.15) is 45.1 Å². The van der Waals surface area contributed by atoms with Crippen molar-refractivity contribution in [2.24, 2.45) is 10.7 Å². The molecule has 2 rings (SSSR count). The lowest BCUT2D eigenvalue weighted by molar-refractivity contribution is 0.395. The number of guanidine groups is 1. The Hall–Kier alpha value is -0.920. The summed E-state index contributed by atoms with van der Waals surface area (Å²) in [5, 5.41) is 0. The highest BCUT2D eigenvalue weighted by molar-refractivity contribution is 14.0. The summed E-state index contributed by atoms with van der Waals surface area (Å²) in [5.74, 6) is -0.495. The van der Waals surface area contributed by atoms with Gasteiger partial charge in [0, 0.05) is 24.1 Å². The van der Waals surface area contributed by atoms with Crippen LogP contribution in [-0.2, 0) is 5.41 Å². The van der Waals surface area contributed by atoms with Gasteiger partial charge in [-0.2, -0.15) is 0 Å². The van der Waals surface area contributed by atoms with E-state index in [4.69, 9.17) is 5.73 Å².